The molecule has 1 aromatic carbocycles. The molecular formula is C13H15NO2. The minimum absolute atomic E-state index is 0.616. The van der Waals surface area contributed by atoms with Crippen molar-refractivity contribution in [2.75, 3.05) is 7.11 Å². The Bertz CT molecular complexity index is 476. The van der Waals surface area contributed by atoms with Gasteiger partial charge in [0.05, 0.1) is 12.8 Å². The van der Waals surface area contributed by atoms with Gasteiger partial charge in [-0.3, -0.25) is 0 Å². The lowest BCUT2D eigenvalue weighted by Gasteiger charge is -2.13. The number of aliphatic hydroxyl groups excluding tert-OH is 1. The molecule has 0 fully saturated rings. The monoisotopic (exact) mass is 217 g/mol. The maximum absolute atomic E-state index is 10.2. The van der Waals surface area contributed by atoms with E-state index in [1.807, 2.05) is 54.2 Å². The molecule has 2 aromatic rings. The SMILES string of the molecule is COc1cccc([C@H](O)c2cccn2C)c1. The van der Waals surface area contributed by atoms with Crippen molar-refractivity contribution in [1.82, 2.24) is 4.57 Å². The number of aryl methyl sites for hydroxylation is 1. The van der Waals surface area contributed by atoms with Crippen LogP contribution in [0.15, 0.2) is 42.6 Å². The van der Waals surface area contributed by atoms with E-state index in [4.69, 9.17) is 4.74 Å². The van der Waals surface area contributed by atoms with E-state index < -0.39 is 6.10 Å². The number of ether oxygens (including phenoxy) is 1. The lowest BCUT2D eigenvalue weighted by Crippen LogP contribution is -2.05. The number of nitrogens with zero attached hydrogens (tertiary/aromatic N) is 1. The van der Waals surface area contributed by atoms with Crippen LogP contribution in [-0.2, 0) is 7.05 Å². The summed E-state index contributed by atoms with van der Waals surface area (Å²) in [7, 11) is 3.53. The van der Waals surface area contributed by atoms with E-state index in [2.05, 4.69) is 0 Å². The number of methoxy groups -OCH3 is 1. The van der Waals surface area contributed by atoms with Crippen LogP contribution in [0.4, 0.5) is 0 Å². The van der Waals surface area contributed by atoms with Crippen molar-refractivity contribution >= 4 is 0 Å². The van der Waals surface area contributed by atoms with E-state index in [9.17, 15) is 5.11 Å². The summed E-state index contributed by atoms with van der Waals surface area (Å²) < 4.78 is 7.04. The van der Waals surface area contributed by atoms with Crippen molar-refractivity contribution in [1.29, 1.82) is 0 Å². The zero-order valence-corrected chi connectivity index (χ0v) is 9.42. The number of aliphatic hydroxyl groups is 1. The highest BCUT2D eigenvalue weighted by atomic mass is 16.5. The quantitative estimate of drug-likeness (QED) is 0.854. The molecule has 0 aliphatic carbocycles. The minimum atomic E-state index is -0.616. The van der Waals surface area contributed by atoms with Gasteiger partial charge in [0.2, 0.25) is 0 Å². The van der Waals surface area contributed by atoms with Crippen LogP contribution < -0.4 is 4.74 Å². The first-order valence-corrected chi connectivity index (χ1v) is 5.15. The highest BCUT2D eigenvalue weighted by Crippen LogP contribution is 2.24. The molecule has 2 rings (SSSR count). The Labute approximate surface area is 94.9 Å². The van der Waals surface area contributed by atoms with Crippen LogP contribution in [-0.4, -0.2) is 16.8 Å². The van der Waals surface area contributed by atoms with Crippen molar-refractivity contribution in [3.8, 4) is 5.75 Å². The Morgan fingerprint density at radius 1 is 1.25 bits per heavy atom. The summed E-state index contributed by atoms with van der Waals surface area (Å²) in [6.45, 7) is 0. The topological polar surface area (TPSA) is 34.4 Å². The lowest BCUT2D eigenvalue weighted by molar-refractivity contribution is 0.211. The Balaban J connectivity index is 2.33. The first kappa shape index (κ1) is 10.8. The zero-order valence-electron chi connectivity index (χ0n) is 9.42. The summed E-state index contributed by atoms with van der Waals surface area (Å²) in [6, 6.07) is 11.3. The summed E-state index contributed by atoms with van der Waals surface area (Å²) in [5.74, 6) is 0.755. The van der Waals surface area contributed by atoms with Gasteiger partial charge in [0, 0.05) is 13.2 Å². The number of hydrogen-bond acceptors (Lipinski definition) is 2. The predicted octanol–water partition coefficient (Wildman–Crippen LogP) is 2.12. The van der Waals surface area contributed by atoms with Gasteiger partial charge in [0.25, 0.3) is 0 Å². The van der Waals surface area contributed by atoms with Gasteiger partial charge >= 0.3 is 0 Å². The first-order chi connectivity index (χ1) is 7.72. The van der Waals surface area contributed by atoms with E-state index in [1.54, 1.807) is 7.11 Å². The molecule has 0 aliphatic rings. The largest absolute Gasteiger partial charge is 0.497 e. The Morgan fingerprint density at radius 3 is 2.69 bits per heavy atom. The molecule has 0 amide bonds. The van der Waals surface area contributed by atoms with Gasteiger partial charge in [-0.1, -0.05) is 12.1 Å². The fourth-order valence-electron chi connectivity index (χ4n) is 1.74. The van der Waals surface area contributed by atoms with E-state index in [-0.39, 0.29) is 0 Å². The van der Waals surface area contributed by atoms with Gasteiger partial charge in [-0.05, 0) is 29.8 Å². The van der Waals surface area contributed by atoms with Crippen molar-refractivity contribution in [2.24, 2.45) is 7.05 Å². The normalized spacial score (nSPS) is 12.4. The molecule has 0 spiro atoms. The number of benzene rings is 1. The van der Waals surface area contributed by atoms with Crippen LogP contribution in [0.1, 0.15) is 17.4 Å². The fraction of sp³-hybridized carbons (Fsp3) is 0.231. The molecule has 1 N–H and O–H groups in total. The minimum Gasteiger partial charge on any atom is -0.497 e. The molecule has 1 atom stereocenters. The Morgan fingerprint density at radius 2 is 2.06 bits per heavy atom. The molecule has 1 heterocycles. The molecule has 0 saturated carbocycles. The molecular weight excluding hydrogens is 202 g/mol. The van der Waals surface area contributed by atoms with Gasteiger partial charge in [-0.15, -0.1) is 0 Å². The second-order valence-corrected chi connectivity index (χ2v) is 3.72. The molecule has 3 heteroatoms. The average Bonchev–Trinajstić information content (AvgIpc) is 2.74. The molecule has 3 nitrogen and oxygen atoms in total. The van der Waals surface area contributed by atoms with Crippen molar-refractivity contribution in [2.45, 2.75) is 6.10 Å². The van der Waals surface area contributed by atoms with Crippen molar-refractivity contribution in [3.63, 3.8) is 0 Å². The smallest absolute Gasteiger partial charge is 0.119 e. The van der Waals surface area contributed by atoms with Crippen LogP contribution in [0.2, 0.25) is 0 Å². The molecule has 0 unspecified atom stereocenters. The first-order valence-electron chi connectivity index (χ1n) is 5.15. The third-order valence-electron chi connectivity index (χ3n) is 2.67. The maximum Gasteiger partial charge on any atom is 0.119 e. The molecule has 84 valence electrons. The molecule has 0 radical (unpaired) electrons. The highest BCUT2D eigenvalue weighted by molar-refractivity contribution is 5.33. The standard InChI is InChI=1S/C13H15NO2/c1-14-8-4-7-12(14)13(15)10-5-3-6-11(9-10)16-2/h3-9,13,15H,1-2H3/t13-/m0/s1. The summed E-state index contributed by atoms with van der Waals surface area (Å²) >= 11 is 0. The van der Waals surface area contributed by atoms with Gasteiger partial charge in [-0.2, -0.15) is 0 Å². The van der Waals surface area contributed by atoms with Crippen LogP contribution in [0.3, 0.4) is 0 Å². The summed E-state index contributed by atoms with van der Waals surface area (Å²) in [5, 5.41) is 10.2. The number of aromatic nitrogens is 1. The van der Waals surface area contributed by atoms with E-state index >= 15 is 0 Å². The van der Waals surface area contributed by atoms with Crippen molar-refractivity contribution < 1.29 is 9.84 Å². The second kappa shape index (κ2) is 4.41. The Hall–Kier alpha value is -1.74. The van der Waals surface area contributed by atoms with Crippen LogP contribution >= 0.6 is 0 Å². The van der Waals surface area contributed by atoms with E-state index in [0.717, 1.165) is 17.0 Å². The van der Waals surface area contributed by atoms with Crippen LogP contribution in [0.25, 0.3) is 0 Å². The van der Waals surface area contributed by atoms with Crippen LogP contribution in [0, 0.1) is 0 Å². The summed E-state index contributed by atoms with van der Waals surface area (Å²) in [5.41, 5.74) is 1.70. The molecule has 16 heavy (non-hydrogen) atoms. The summed E-state index contributed by atoms with van der Waals surface area (Å²) in [6.07, 6.45) is 1.30. The molecule has 1 aromatic heterocycles. The van der Waals surface area contributed by atoms with Gasteiger partial charge in [-0.25, -0.2) is 0 Å². The average molecular weight is 217 g/mol. The number of hydrogen-bond donors (Lipinski definition) is 1. The highest BCUT2D eigenvalue weighted by Gasteiger charge is 2.13. The van der Waals surface area contributed by atoms with E-state index in [1.165, 1.54) is 0 Å². The third-order valence-corrected chi connectivity index (χ3v) is 2.67. The maximum atomic E-state index is 10.2. The predicted molar refractivity (Wildman–Crippen MR) is 62.5 cm³/mol. The molecule has 0 aliphatic heterocycles. The molecule has 0 bridgehead atoms. The third kappa shape index (κ3) is 1.95. The second-order valence-electron chi connectivity index (χ2n) is 3.72. The van der Waals surface area contributed by atoms with Gasteiger partial charge in [0.1, 0.15) is 11.9 Å². The zero-order chi connectivity index (χ0) is 11.5. The lowest BCUT2D eigenvalue weighted by atomic mass is 10.1. The number of rotatable bonds is 3. The fourth-order valence-corrected chi connectivity index (χ4v) is 1.74. The van der Waals surface area contributed by atoms with Crippen LogP contribution in [0.5, 0.6) is 5.75 Å². The van der Waals surface area contributed by atoms with E-state index in [0.29, 0.717) is 0 Å². The Kier molecular flexibility index (Phi) is 2.97. The van der Waals surface area contributed by atoms with Gasteiger partial charge in [0.15, 0.2) is 0 Å². The van der Waals surface area contributed by atoms with Gasteiger partial charge < -0.3 is 14.4 Å². The summed E-state index contributed by atoms with van der Waals surface area (Å²) in [4.78, 5) is 0. The van der Waals surface area contributed by atoms with Crippen molar-refractivity contribution in [3.05, 3.63) is 53.9 Å². The molecule has 0 saturated heterocycles.